The molecule has 2 heteroatoms. The second-order valence-corrected chi connectivity index (χ2v) is 4.99. The first kappa shape index (κ1) is 9.72. The molecule has 0 unspecified atom stereocenters. The van der Waals surface area contributed by atoms with Gasteiger partial charge in [-0.05, 0) is 12.3 Å². The van der Waals surface area contributed by atoms with Crippen LogP contribution in [0.3, 0.4) is 0 Å². The molecule has 1 aliphatic heterocycles. The fourth-order valence-electron chi connectivity index (χ4n) is 1.67. The molecule has 70 valence electrons. The summed E-state index contributed by atoms with van der Waals surface area (Å²) >= 11 is 0. The molecule has 0 aliphatic carbocycles. The normalized spacial score (nSPS) is 32.2. The molecule has 1 aliphatic rings. The van der Waals surface area contributed by atoms with Crippen LogP contribution in [-0.4, -0.2) is 18.4 Å². The number of nitrogens with two attached hydrogens (primary N) is 1. The van der Waals surface area contributed by atoms with Gasteiger partial charge >= 0.3 is 0 Å². The van der Waals surface area contributed by atoms with Crippen LogP contribution in [0.15, 0.2) is 0 Å². The summed E-state index contributed by atoms with van der Waals surface area (Å²) in [5.74, 6) is 0.974. The van der Waals surface area contributed by atoms with Gasteiger partial charge in [-0.2, -0.15) is 0 Å². The number of rotatable bonds is 0. The molecule has 2 nitrogen and oxygen atoms in total. The molecule has 2 atom stereocenters. The maximum Gasteiger partial charge on any atom is 0.190 e. The van der Waals surface area contributed by atoms with E-state index in [9.17, 15) is 4.79 Å². The molecule has 0 spiro atoms. The quantitative estimate of drug-likeness (QED) is 0.566. The molecule has 0 bridgehead atoms. The molecule has 1 saturated heterocycles. The molecule has 0 amide bonds. The average Bonchev–Trinajstić information content (AvgIpc) is 1.92. The highest BCUT2D eigenvalue weighted by Crippen LogP contribution is 2.28. The van der Waals surface area contributed by atoms with E-state index in [0.717, 1.165) is 13.0 Å². The average molecular weight is 170 g/mol. The van der Waals surface area contributed by atoms with Gasteiger partial charge in [0.15, 0.2) is 5.78 Å². The number of carbonyl (C=O) groups excluding carboxylic acids is 1. The number of piperidine rings is 1. The number of ketones is 1. The van der Waals surface area contributed by atoms with Crippen molar-refractivity contribution in [1.82, 2.24) is 0 Å². The van der Waals surface area contributed by atoms with Gasteiger partial charge in [0.1, 0.15) is 6.04 Å². The minimum absolute atomic E-state index is 0.198. The van der Waals surface area contributed by atoms with Crippen molar-refractivity contribution < 1.29 is 10.1 Å². The van der Waals surface area contributed by atoms with Crippen molar-refractivity contribution >= 4 is 5.78 Å². The Hall–Kier alpha value is -0.370. The van der Waals surface area contributed by atoms with Gasteiger partial charge in [0.05, 0.1) is 6.54 Å². The fourth-order valence-corrected chi connectivity index (χ4v) is 1.67. The van der Waals surface area contributed by atoms with Crippen LogP contribution in [0.5, 0.6) is 0 Å². The molecular weight excluding hydrogens is 150 g/mol. The van der Waals surface area contributed by atoms with E-state index in [0.29, 0.717) is 11.7 Å². The van der Waals surface area contributed by atoms with E-state index in [4.69, 9.17) is 0 Å². The van der Waals surface area contributed by atoms with E-state index in [-0.39, 0.29) is 11.5 Å². The summed E-state index contributed by atoms with van der Waals surface area (Å²) in [7, 11) is 0. The SMILES string of the molecule is C[C@@H]1[NH2+]C[C@H](C(C)(C)C)CC1=O. The lowest BCUT2D eigenvalue weighted by Crippen LogP contribution is -2.94. The summed E-state index contributed by atoms with van der Waals surface area (Å²) < 4.78 is 0. The van der Waals surface area contributed by atoms with Gasteiger partial charge in [0, 0.05) is 12.3 Å². The predicted molar refractivity (Wildman–Crippen MR) is 48.8 cm³/mol. The van der Waals surface area contributed by atoms with E-state index in [1.165, 1.54) is 0 Å². The minimum atomic E-state index is 0.198. The third-order valence-electron chi connectivity index (χ3n) is 2.95. The molecular formula is C10H20NO+. The molecule has 0 aromatic carbocycles. The first-order valence-electron chi connectivity index (χ1n) is 4.77. The first-order chi connectivity index (χ1) is 5.41. The third kappa shape index (κ3) is 2.07. The Morgan fingerprint density at radius 2 is 2.00 bits per heavy atom. The summed E-state index contributed by atoms with van der Waals surface area (Å²) in [6, 6.07) is 0.198. The summed E-state index contributed by atoms with van der Waals surface area (Å²) in [6.45, 7) is 9.76. The van der Waals surface area contributed by atoms with Crippen molar-refractivity contribution in [3.05, 3.63) is 0 Å². The van der Waals surface area contributed by atoms with Gasteiger partial charge in [0.25, 0.3) is 0 Å². The van der Waals surface area contributed by atoms with Crippen LogP contribution >= 0.6 is 0 Å². The third-order valence-corrected chi connectivity index (χ3v) is 2.95. The predicted octanol–water partition coefficient (Wildman–Crippen LogP) is 0.573. The van der Waals surface area contributed by atoms with E-state index in [2.05, 4.69) is 26.1 Å². The molecule has 1 heterocycles. The summed E-state index contributed by atoms with van der Waals surface area (Å²) in [6.07, 6.45) is 0.779. The molecule has 12 heavy (non-hydrogen) atoms. The van der Waals surface area contributed by atoms with Crippen LogP contribution in [0.2, 0.25) is 0 Å². The smallest absolute Gasteiger partial charge is 0.190 e. The van der Waals surface area contributed by atoms with Gasteiger partial charge in [-0.15, -0.1) is 0 Å². The molecule has 0 aromatic rings. The number of hydrogen-bond acceptors (Lipinski definition) is 1. The summed E-state index contributed by atoms with van der Waals surface area (Å²) in [4.78, 5) is 11.4. The first-order valence-corrected chi connectivity index (χ1v) is 4.77. The van der Waals surface area contributed by atoms with Gasteiger partial charge in [0.2, 0.25) is 0 Å². The van der Waals surface area contributed by atoms with Crippen molar-refractivity contribution in [2.45, 2.75) is 40.2 Å². The van der Waals surface area contributed by atoms with E-state index < -0.39 is 0 Å². The zero-order valence-electron chi connectivity index (χ0n) is 8.55. The van der Waals surface area contributed by atoms with Crippen molar-refractivity contribution in [3.63, 3.8) is 0 Å². The molecule has 0 saturated carbocycles. The Bertz CT molecular complexity index is 181. The van der Waals surface area contributed by atoms with E-state index in [1.54, 1.807) is 0 Å². The number of quaternary nitrogens is 1. The Labute approximate surface area is 74.7 Å². The zero-order valence-corrected chi connectivity index (χ0v) is 8.55. The Balaban J connectivity index is 2.57. The van der Waals surface area contributed by atoms with Crippen molar-refractivity contribution in [3.8, 4) is 0 Å². The minimum Gasteiger partial charge on any atom is -0.338 e. The van der Waals surface area contributed by atoms with Crippen LogP contribution < -0.4 is 5.32 Å². The lowest BCUT2D eigenvalue weighted by molar-refractivity contribution is -0.685. The molecule has 0 radical (unpaired) electrons. The van der Waals surface area contributed by atoms with Crippen LogP contribution in [0.4, 0.5) is 0 Å². The van der Waals surface area contributed by atoms with Crippen LogP contribution in [-0.2, 0) is 4.79 Å². The highest BCUT2D eigenvalue weighted by molar-refractivity contribution is 5.82. The molecule has 0 aromatic heterocycles. The van der Waals surface area contributed by atoms with Gasteiger partial charge in [-0.1, -0.05) is 20.8 Å². The summed E-state index contributed by atoms with van der Waals surface area (Å²) in [5.41, 5.74) is 0.284. The van der Waals surface area contributed by atoms with Crippen LogP contribution in [0, 0.1) is 11.3 Å². The number of Topliss-reactive ketones (excluding diaryl/α,β-unsaturated/α-hetero) is 1. The Kier molecular flexibility index (Phi) is 2.57. The second-order valence-electron chi connectivity index (χ2n) is 4.99. The van der Waals surface area contributed by atoms with E-state index in [1.807, 2.05) is 6.92 Å². The topological polar surface area (TPSA) is 33.7 Å². The van der Waals surface area contributed by atoms with Gasteiger partial charge in [-0.3, -0.25) is 4.79 Å². The standard InChI is InChI=1S/C10H19NO/c1-7-9(12)5-8(6-11-7)10(2,3)4/h7-8,11H,5-6H2,1-4H3/p+1/t7-,8+/m0/s1. The largest absolute Gasteiger partial charge is 0.338 e. The maximum atomic E-state index is 11.4. The molecule has 1 rings (SSSR count). The molecule has 1 fully saturated rings. The monoisotopic (exact) mass is 170 g/mol. The van der Waals surface area contributed by atoms with Gasteiger partial charge in [-0.25, -0.2) is 0 Å². The van der Waals surface area contributed by atoms with Crippen LogP contribution in [0.1, 0.15) is 34.1 Å². The highest BCUT2D eigenvalue weighted by atomic mass is 16.1. The van der Waals surface area contributed by atoms with Crippen LogP contribution in [0.25, 0.3) is 0 Å². The Morgan fingerprint density at radius 3 is 2.42 bits per heavy atom. The fraction of sp³-hybridized carbons (Fsp3) is 0.900. The summed E-state index contributed by atoms with van der Waals surface area (Å²) in [5, 5.41) is 2.17. The Morgan fingerprint density at radius 1 is 1.42 bits per heavy atom. The number of carbonyl (C=O) groups is 1. The number of hydrogen-bond donors (Lipinski definition) is 1. The second kappa shape index (κ2) is 3.17. The zero-order chi connectivity index (χ0) is 9.35. The van der Waals surface area contributed by atoms with Crippen molar-refractivity contribution in [2.24, 2.45) is 11.3 Å². The lowest BCUT2D eigenvalue weighted by Gasteiger charge is -2.33. The highest BCUT2D eigenvalue weighted by Gasteiger charge is 2.35. The molecule has 2 N–H and O–H groups in total. The van der Waals surface area contributed by atoms with Crippen molar-refractivity contribution in [1.29, 1.82) is 0 Å². The van der Waals surface area contributed by atoms with E-state index >= 15 is 0 Å². The lowest BCUT2D eigenvalue weighted by atomic mass is 9.75. The van der Waals surface area contributed by atoms with Crippen molar-refractivity contribution in [2.75, 3.05) is 6.54 Å². The van der Waals surface area contributed by atoms with Gasteiger partial charge < -0.3 is 5.32 Å². The maximum absolute atomic E-state index is 11.4.